The second-order valence-electron chi connectivity index (χ2n) is 4.83. The molecule has 0 amide bonds. The normalized spacial score (nSPS) is 12.7. The molecule has 3 rings (SSSR count). The van der Waals surface area contributed by atoms with Gasteiger partial charge in [-0.1, -0.05) is 25.1 Å². The molecule has 1 atom stereocenters. The Morgan fingerprint density at radius 3 is 3.00 bits per heavy atom. The van der Waals surface area contributed by atoms with E-state index in [1.807, 2.05) is 18.6 Å². The number of aromatic nitrogens is 3. The lowest BCUT2D eigenvalue weighted by atomic mass is 10.1. The monoisotopic (exact) mass is 266 g/mol. The molecule has 4 heteroatoms. The largest absolute Gasteiger partial charge is 0.347 e. The molecule has 0 fully saturated rings. The maximum atomic E-state index is 4.33. The molecule has 2 N–H and O–H groups in total. The molecule has 0 aliphatic rings. The van der Waals surface area contributed by atoms with E-state index in [4.69, 9.17) is 0 Å². The van der Waals surface area contributed by atoms with Gasteiger partial charge >= 0.3 is 0 Å². The zero-order chi connectivity index (χ0) is 13.8. The summed E-state index contributed by atoms with van der Waals surface area (Å²) in [5.41, 5.74) is 1.29. The zero-order valence-electron chi connectivity index (χ0n) is 11.5. The maximum absolute atomic E-state index is 4.33. The average Bonchev–Trinajstić information content (AvgIpc) is 3.02. The minimum atomic E-state index is 0.252. The van der Waals surface area contributed by atoms with Gasteiger partial charge in [0.2, 0.25) is 0 Å². The lowest BCUT2D eigenvalue weighted by Crippen LogP contribution is -2.21. The van der Waals surface area contributed by atoms with Gasteiger partial charge in [-0.3, -0.25) is 4.98 Å². The molecule has 0 spiro atoms. The number of nitrogens with one attached hydrogen (secondary N) is 2. The van der Waals surface area contributed by atoms with Crippen molar-refractivity contribution < 1.29 is 0 Å². The van der Waals surface area contributed by atoms with Crippen LogP contribution in [0.2, 0.25) is 0 Å². The van der Waals surface area contributed by atoms with Crippen molar-refractivity contribution in [3.05, 3.63) is 60.4 Å². The SMILES string of the molecule is CCC(NCc1cccc2cnccc12)c1ncc[nH]1. The summed E-state index contributed by atoms with van der Waals surface area (Å²) in [6, 6.07) is 8.65. The summed E-state index contributed by atoms with van der Waals surface area (Å²) in [6.45, 7) is 2.98. The standard InChI is InChI=1S/C16H18N4/c1-2-15(16-18-8-9-19-16)20-11-13-5-3-4-12-10-17-7-6-14(12)13/h3-10,15,20H,2,11H2,1H3,(H,18,19). The summed E-state index contributed by atoms with van der Waals surface area (Å²) < 4.78 is 0. The molecule has 1 aromatic carbocycles. The minimum absolute atomic E-state index is 0.252. The third kappa shape index (κ3) is 2.56. The number of imidazole rings is 1. The van der Waals surface area contributed by atoms with Crippen LogP contribution < -0.4 is 5.32 Å². The van der Waals surface area contributed by atoms with Crippen LogP contribution in [0.1, 0.15) is 30.8 Å². The molecule has 0 aliphatic carbocycles. The lowest BCUT2D eigenvalue weighted by molar-refractivity contribution is 0.499. The molecule has 102 valence electrons. The molecule has 4 nitrogen and oxygen atoms in total. The Kier molecular flexibility index (Phi) is 3.74. The second-order valence-corrected chi connectivity index (χ2v) is 4.83. The first kappa shape index (κ1) is 12.8. The molecule has 0 aliphatic heterocycles. The Hall–Kier alpha value is -2.20. The van der Waals surface area contributed by atoms with Crippen molar-refractivity contribution in [2.75, 3.05) is 0 Å². The smallest absolute Gasteiger partial charge is 0.123 e. The summed E-state index contributed by atoms with van der Waals surface area (Å²) >= 11 is 0. The number of hydrogen-bond acceptors (Lipinski definition) is 3. The molecule has 0 saturated heterocycles. The Bertz CT molecular complexity index is 671. The van der Waals surface area contributed by atoms with E-state index in [-0.39, 0.29) is 6.04 Å². The van der Waals surface area contributed by atoms with Crippen LogP contribution in [0.3, 0.4) is 0 Å². The van der Waals surface area contributed by atoms with Gasteiger partial charge in [0.15, 0.2) is 0 Å². The molecular weight excluding hydrogens is 248 g/mol. The lowest BCUT2D eigenvalue weighted by Gasteiger charge is -2.15. The fraction of sp³-hybridized carbons (Fsp3) is 0.250. The molecular formula is C16H18N4. The van der Waals surface area contributed by atoms with Gasteiger partial charge in [-0.15, -0.1) is 0 Å². The third-order valence-corrected chi connectivity index (χ3v) is 3.57. The maximum Gasteiger partial charge on any atom is 0.123 e. The van der Waals surface area contributed by atoms with E-state index < -0.39 is 0 Å². The summed E-state index contributed by atoms with van der Waals surface area (Å²) in [4.78, 5) is 11.7. The van der Waals surface area contributed by atoms with Crippen LogP contribution in [0, 0.1) is 0 Å². The highest BCUT2D eigenvalue weighted by Crippen LogP contribution is 2.19. The molecule has 0 radical (unpaired) electrons. The number of H-pyrrole nitrogens is 1. The van der Waals surface area contributed by atoms with Gasteiger partial charge in [0, 0.05) is 36.7 Å². The first-order valence-corrected chi connectivity index (χ1v) is 6.92. The zero-order valence-corrected chi connectivity index (χ0v) is 11.5. The number of aromatic amines is 1. The number of benzene rings is 1. The van der Waals surface area contributed by atoms with Gasteiger partial charge in [-0.2, -0.15) is 0 Å². The van der Waals surface area contributed by atoms with E-state index in [2.05, 4.69) is 51.5 Å². The van der Waals surface area contributed by atoms with Crippen molar-refractivity contribution >= 4 is 10.8 Å². The van der Waals surface area contributed by atoms with E-state index in [0.717, 1.165) is 18.8 Å². The molecule has 0 bridgehead atoms. The molecule has 1 unspecified atom stereocenters. The van der Waals surface area contributed by atoms with Gasteiger partial charge in [0.05, 0.1) is 6.04 Å². The van der Waals surface area contributed by atoms with Crippen molar-refractivity contribution in [1.29, 1.82) is 0 Å². The Labute approximate surface area is 118 Å². The Morgan fingerprint density at radius 2 is 2.20 bits per heavy atom. The molecule has 0 saturated carbocycles. The minimum Gasteiger partial charge on any atom is -0.347 e. The highest BCUT2D eigenvalue weighted by Gasteiger charge is 2.11. The van der Waals surface area contributed by atoms with Crippen molar-refractivity contribution in [3.63, 3.8) is 0 Å². The third-order valence-electron chi connectivity index (χ3n) is 3.57. The first-order valence-electron chi connectivity index (χ1n) is 6.92. The van der Waals surface area contributed by atoms with Crippen LogP contribution in [0.4, 0.5) is 0 Å². The van der Waals surface area contributed by atoms with E-state index in [1.54, 1.807) is 6.20 Å². The van der Waals surface area contributed by atoms with Gasteiger partial charge in [0.1, 0.15) is 5.82 Å². The Morgan fingerprint density at radius 1 is 1.25 bits per heavy atom. The molecule has 2 aromatic heterocycles. The van der Waals surface area contributed by atoms with Gasteiger partial charge in [0.25, 0.3) is 0 Å². The van der Waals surface area contributed by atoms with Crippen molar-refractivity contribution in [1.82, 2.24) is 20.3 Å². The summed E-state index contributed by atoms with van der Waals surface area (Å²) in [5, 5.41) is 6.00. The fourth-order valence-electron chi connectivity index (χ4n) is 2.48. The van der Waals surface area contributed by atoms with Crippen LogP contribution in [0.5, 0.6) is 0 Å². The van der Waals surface area contributed by atoms with Crippen molar-refractivity contribution in [2.24, 2.45) is 0 Å². The van der Waals surface area contributed by atoms with Crippen molar-refractivity contribution in [3.8, 4) is 0 Å². The number of hydrogen-bond donors (Lipinski definition) is 2. The van der Waals surface area contributed by atoms with Crippen LogP contribution in [0.15, 0.2) is 49.1 Å². The number of nitrogens with zero attached hydrogens (tertiary/aromatic N) is 2. The van der Waals surface area contributed by atoms with Gasteiger partial charge < -0.3 is 10.3 Å². The van der Waals surface area contributed by atoms with Crippen LogP contribution in [0.25, 0.3) is 10.8 Å². The van der Waals surface area contributed by atoms with E-state index >= 15 is 0 Å². The molecule has 3 aromatic rings. The summed E-state index contributed by atoms with van der Waals surface area (Å²) in [7, 11) is 0. The topological polar surface area (TPSA) is 53.6 Å². The number of pyridine rings is 1. The Balaban J connectivity index is 1.80. The van der Waals surface area contributed by atoms with Gasteiger partial charge in [-0.25, -0.2) is 4.98 Å². The highest BCUT2D eigenvalue weighted by atomic mass is 15.0. The van der Waals surface area contributed by atoms with E-state index in [0.29, 0.717) is 0 Å². The summed E-state index contributed by atoms with van der Waals surface area (Å²) in [6.07, 6.45) is 8.41. The van der Waals surface area contributed by atoms with Crippen LogP contribution in [-0.4, -0.2) is 15.0 Å². The number of fused-ring (bicyclic) bond motifs is 1. The highest BCUT2D eigenvalue weighted by molar-refractivity contribution is 5.84. The quantitative estimate of drug-likeness (QED) is 0.745. The van der Waals surface area contributed by atoms with Crippen LogP contribution >= 0.6 is 0 Å². The van der Waals surface area contributed by atoms with E-state index in [9.17, 15) is 0 Å². The average molecular weight is 266 g/mol. The second kappa shape index (κ2) is 5.84. The van der Waals surface area contributed by atoms with Gasteiger partial charge in [-0.05, 0) is 23.4 Å². The van der Waals surface area contributed by atoms with Crippen LogP contribution in [-0.2, 0) is 6.54 Å². The fourth-order valence-corrected chi connectivity index (χ4v) is 2.48. The predicted molar refractivity (Wildman–Crippen MR) is 80.2 cm³/mol. The van der Waals surface area contributed by atoms with Crippen molar-refractivity contribution in [2.45, 2.75) is 25.9 Å². The number of rotatable bonds is 5. The molecule has 20 heavy (non-hydrogen) atoms. The predicted octanol–water partition coefficient (Wildman–Crippen LogP) is 3.20. The van der Waals surface area contributed by atoms with E-state index in [1.165, 1.54) is 16.3 Å². The first-order chi connectivity index (χ1) is 9.88. The summed E-state index contributed by atoms with van der Waals surface area (Å²) in [5.74, 6) is 0.995. The molecule has 2 heterocycles.